The average molecular weight is 326 g/mol. The Labute approximate surface area is 141 Å². The van der Waals surface area contributed by atoms with Gasteiger partial charge in [-0.05, 0) is 61.3 Å². The molecule has 0 spiro atoms. The van der Waals surface area contributed by atoms with Gasteiger partial charge in [0, 0.05) is 5.57 Å². The Morgan fingerprint density at radius 3 is 2.92 bits per heavy atom. The lowest BCUT2D eigenvalue weighted by Crippen LogP contribution is -2.23. The van der Waals surface area contributed by atoms with E-state index in [1.54, 1.807) is 6.07 Å². The predicted octanol–water partition coefficient (Wildman–Crippen LogP) is 4.20. The van der Waals surface area contributed by atoms with Crippen LogP contribution in [0.15, 0.2) is 45.6 Å². The largest absolute Gasteiger partial charge is 0.465 e. The third-order valence-electron chi connectivity index (χ3n) is 4.91. The highest BCUT2D eigenvalue weighted by atomic mass is 16.5. The molecule has 1 aromatic carbocycles. The van der Waals surface area contributed by atoms with Crippen molar-refractivity contribution in [1.82, 2.24) is 0 Å². The van der Waals surface area contributed by atoms with Crippen LogP contribution in [0, 0.1) is 0 Å². The molecule has 1 aliphatic carbocycles. The molecule has 0 aromatic heterocycles. The number of rotatable bonds is 4. The van der Waals surface area contributed by atoms with Crippen LogP contribution in [0.3, 0.4) is 0 Å². The normalized spacial score (nSPS) is 21.4. The van der Waals surface area contributed by atoms with Crippen molar-refractivity contribution in [3.63, 3.8) is 0 Å². The second-order valence-electron chi connectivity index (χ2n) is 6.50. The van der Waals surface area contributed by atoms with E-state index in [-0.39, 0.29) is 23.8 Å². The zero-order chi connectivity index (χ0) is 17.1. The van der Waals surface area contributed by atoms with Gasteiger partial charge >= 0.3 is 5.97 Å². The molecule has 0 radical (unpaired) electrons. The number of hydrogen-bond acceptors (Lipinski definition) is 4. The van der Waals surface area contributed by atoms with Crippen molar-refractivity contribution in [2.75, 3.05) is 7.11 Å². The molecular weight excluding hydrogens is 304 g/mol. The summed E-state index contributed by atoms with van der Waals surface area (Å²) < 4.78 is 4.79. The number of amides is 1. The molecule has 5 heteroatoms. The summed E-state index contributed by atoms with van der Waals surface area (Å²) >= 11 is 0. The molecule has 0 saturated heterocycles. The van der Waals surface area contributed by atoms with E-state index in [9.17, 15) is 9.59 Å². The maximum Gasteiger partial charge on any atom is 0.337 e. The summed E-state index contributed by atoms with van der Waals surface area (Å²) in [6.07, 6.45) is 4.74. The van der Waals surface area contributed by atoms with Crippen molar-refractivity contribution < 1.29 is 14.3 Å². The third kappa shape index (κ3) is 3.30. The van der Waals surface area contributed by atoms with E-state index in [4.69, 9.17) is 4.74 Å². The van der Waals surface area contributed by atoms with Gasteiger partial charge in [-0.15, -0.1) is 5.11 Å². The molecule has 0 fully saturated rings. The highest BCUT2D eigenvalue weighted by Gasteiger charge is 2.30. The molecule has 0 N–H and O–H groups in total. The molecule has 2 atom stereocenters. The molecule has 126 valence electrons. The zero-order valence-electron chi connectivity index (χ0n) is 14.1. The number of azo groups is 1. The molecule has 1 aliphatic heterocycles. The van der Waals surface area contributed by atoms with E-state index in [0.717, 1.165) is 43.2 Å². The number of hydrogen-bond donors (Lipinski definition) is 0. The number of benzene rings is 1. The summed E-state index contributed by atoms with van der Waals surface area (Å²) in [4.78, 5) is 23.6. The second kappa shape index (κ2) is 7.07. The van der Waals surface area contributed by atoms with Crippen LogP contribution in [0.5, 0.6) is 0 Å². The smallest absolute Gasteiger partial charge is 0.337 e. The Morgan fingerprint density at radius 2 is 2.12 bits per heavy atom. The number of methoxy groups -OCH3 is 1. The number of carbonyl (C=O) groups excluding carboxylic acids is 2. The third-order valence-corrected chi connectivity index (χ3v) is 4.91. The fourth-order valence-electron chi connectivity index (χ4n) is 3.54. The van der Waals surface area contributed by atoms with E-state index in [1.807, 2.05) is 18.2 Å². The minimum absolute atomic E-state index is 0.0187. The minimum atomic E-state index is -0.329. The maximum absolute atomic E-state index is 11.9. The Hall–Kier alpha value is -2.30. The quantitative estimate of drug-likeness (QED) is 0.779. The molecule has 1 amide bonds. The monoisotopic (exact) mass is 326 g/mol. The summed E-state index contributed by atoms with van der Waals surface area (Å²) in [5.74, 6) is -0.270. The summed E-state index contributed by atoms with van der Waals surface area (Å²) in [6, 6.07) is 7.49. The van der Waals surface area contributed by atoms with Crippen molar-refractivity contribution in [3.8, 4) is 0 Å². The average Bonchev–Trinajstić information content (AvgIpc) is 2.63. The standard InChI is InChI=1S/C19H22N2O3/c1-12(13-6-5-7-14(11-13)19(23)24-2)10-17-15-8-3-4-9-16(15)18(22)21-20-17/h5-7,11-12,17H,3-4,8-10H2,1-2H3. The molecule has 3 rings (SSSR count). The molecule has 0 saturated carbocycles. The van der Waals surface area contributed by atoms with E-state index >= 15 is 0 Å². The van der Waals surface area contributed by atoms with Crippen LogP contribution in [-0.4, -0.2) is 25.0 Å². The van der Waals surface area contributed by atoms with Gasteiger partial charge in [0.2, 0.25) is 0 Å². The van der Waals surface area contributed by atoms with Crippen molar-refractivity contribution in [3.05, 3.63) is 46.5 Å². The van der Waals surface area contributed by atoms with Crippen molar-refractivity contribution in [2.45, 2.75) is 51.0 Å². The van der Waals surface area contributed by atoms with E-state index in [2.05, 4.69) is 17.2 Å². The fourth-order valence-corrected chi connectivity index (χ4v) is 3.54. The van der Waals surface area contributed by atoms with Gasteiger partial charge in [0.1, 0.15) is 0 Å². The lowest BCUT2D eigenvalue weighted by Gasteiger charge is -2.27. The summed E-state index contributed by atoms with van der Waals surface area (Å²) in [5, 5.41) is 8.12. The molecule has 5 nitrogen and oxygen atoms in total. The second-order valence-corrected chi connectivity index (χ2v) is 6.50. The molecule has 1 heterocycles. The van der Waals surface area contributed by atoms with Gasteiger partial charge in [0.15, 0.2) is 0 Å². The number of ether oxygens (including phenoxy) is 1. The van der Waals surface area contributed by atoms with Crippen LogP contribution < -0.4 is 0 Å². The van der Waals surface area contributed by atoms with Crippen molar-refractivity contribution in [2.24, 2.45) is 10.2 Å². The van der Waals surface area contributed by atoms with Gasteiger partial charge in [0.25, 0.3) is 5.91 Å². The predicted molar refractivity (Wildman–Crippen MR) is 90.0 cm³/mol. The Bertz CT molecular complexity index is 721. The van der Waals surface area contributed by atoms with E-state index in [1.165, 1.54) is 12.7 Å². The van der Waals surface area contributed by atoms with E-state index < -0.39 is 0 Å². The molecule has 0 bridgehead atoms. The van der Waals surface area contributed by atoms with Gasteiger partial charge in [-0.25, -0.2) is 4.79 Å². The molecule has 2 aliphatic rings. The van der Waals surface area contributed by atoms with Crippen LogP contribution in [0.2, 0.25) is 0 Å². The van der Waals surface area contributed by atoms with Crippen molar-refractivity contribution >= 4 is 11.9 Å². The van der Waals surface area contributed by atoms with E-state index in [0.29, 0.717) is 5.56 Å². The number of esters is 1. The molecular formula is C19H22N2O3. The van der Waals surface area contributed by atoms with Gasteiger partial charge in [-0.2, -0.15) is 5.11 Å². The summed E-state index contributed by atoms with van der Waals surface area (Å²) in [7, 11) is 1.38. The number of nitrogens with zero attached hydrogens (tertiary/aromatic N) is 2. The number of carbonyl (C=O) groups is 2. The highest BCUT2D eigenvalue weighted by Crippen LogP contribution is 2.36. The lowest BCUT2D eigenvalue weighted by atomic mass is 9.82. The van der Waals surface area contributed by atoms with Gasteiger partial charge in [-0.1, -0.05) is 19.1 Å². The fraction of sp³-hybridized carbons (Fsp3) is 0.474. The van der Waals surface area contributed by atoms with Crippen LogP contribution in [0.25, 0.3) is 0 Å². The first kappa shape index (κ1) is 16.6. The van der Waals surface area contributed by atoms with Crippen LogP contribution >= 0.6 is 0 Å². The van der Waals surface area contributed by atoms with Gasteiger partial charge < -0.3 is 4.74 Å². The summed E-state index contributed by atoms with van der Waals surface area (Å²) in [6.45, 7) is 2.12. The first-order valence-electron chi connectivity index (χ1n) is 8.45. The molecule has 24 heavy (non-hydrogen) atoms. The Morgan fingerprint density at radius 1 is 1.33 bits per heavy atom. The summed E-state index contributed by atoms with van der Waals surface area (Å²) in [5.41, 5.74) is 3.69. The van der Waals surface area contributed by atoms with Crippen LogP contribution in [0.1, 0.15) is 60.9 Å². The lowest BCUT2D eigenvalue weighted by molar-refractivity contribution is -0.115. The zero-order valence-corrected chi connectivity index (χ0v) is 14.1. The molecule has 2 unspecified atom stereocenters. The Balaban J connectivity index is 1.78. The molecule has 1 aromatic rings. The minimum Gasteiger partial charge on any atom is -0.465 e. The topological polar surface area (TPSA) is 68.1 Å². The Kier molecular flexibility index (Phi) is 4.88. The first-order valence-corrected chi connectivity index (χ1v) is 8.45. The van der Waals surface area contributed by atoms with Crippen LogP contribution in [-0.2, 0) is 9.53 Å². The van der Waals surface area contributed by atoms with Gasteiger partial charge in [-0.3, -0.25) is 4.79 Å². The highest BCUT2D eigenvalue weighted by molar-refractivity contribution is 5.95. The SMILES string of the molecule is COC(=O)c1cccc(C(C)CC2N=NC(=O)C3=C2CCCC3)c1. The van der Waals surface area contributed by atoms with Crippen molar-refractivity contribution in [1.29, 1.82) is 0 Å². The first-order chi connectivity index (χ1) is 11.6. The van der Waals surface area contributed by atoms with Crippen LogP contribution in [0.4, 0.5) is 0 Å². The maximum atomic E-state index is 11.9. The van der Waals surface area contributed by atoms with Gasteiger partial charge in [0.05, 0.1) is 18.7 Å².